The molecule has 108 valence electrons. The monoisotopic (exact) mass is 409 g/mol. The van der Waals surface area contributed by atoms with E-state index in [2.05, 4.69) is 37.9 Å². The first kappa shape index (κ1) is 15.9. The molecule has 0 radical (unpaired) electrons. The Hall–Kier alpha value is -1.51. The molecule has 3 nitrogen and oxygen atoms in total. The molecule has 0 aromatic heterocycles. The van der Waals surface area contributed by atoms with Crippen LogP contribution in [0.2, 0.25) is 0 Å². The predicted molar refractivity (Wildman–Crippen MR) is 88.6 cm³/mol. The molecule has 0 bridgehead atoms. The van der Waals surface area contributed by atoms with Crippen LogP contribution in [0.25, 0.3) is 0 Å². The van der Waals surface area contributed by atoms with Crippen molar-refractivity contribution >= 4 is 31.9 Å². The second kappa shape index (κ2) is 8.06. The van der Waals surface area contributed by atoms with Gasteiger partial charge >= 0.3 is 0 Å². The van der Waals surface area contributed by atoms with Crippen molar-refractivity contribution in [2.45, 2.75) is 6.42 Å². The fourth-order valence-electron chi connectivity index (χ4n) is 1.72. The van der Waals surface area contributed by atoms with Gasteiger partial charge in [-0.05, 0) is 61.7 Å². The van der Waals surface area contributed by atoms with Gasteiger partial charge in [0.15, 0.2) is 0 Å². The van der Waals surface area contributed by atoms with Gasteiger partial charge in [-0.15, -0.1) is 0 Å². The van der Waals surface area contributed by atoms with Crippen LogP contribution in [0, 0.1) is 11.3 Å². The zero-order valence-corrected chi connectivity index (χ0v) is 14.4. The average molecular weight is 411 g/mol. The minimum absolute atomic E-state index is 0.416. The van der Waals surface area contributed by atoms with E-state index < -0.39 is 0 Å². The van der Waals surface area contributed by atoms with E-state index in [-0.39, 0.29) is 0 Å². The highest BCUT2D eigenvalue weighted by Gasteiger charge is 2.05. The molecule has 0 saturated heterocycles. The van der Waals surface area contributed by atoms with Crippen LogP contribution in [0.15, 0.2) is 51.4 Å². The third-order valence-corrected chi connectivity index (χ3v) is 3.97. The van der Waals surface area contributed by atoms with Gasteiger partial charge in [-0.1, -0.05) is 18.2 Å². The van der Waals surface area contributed by atoms with Gasteiger partial charge in [0.25, 0.3) is 0 Å². The van der Waals surface area contributed by atoms with Crippen LogP contribution in [0.5, 0.6) is 11.5 Å². The minimum atomic E-state index is 0.416. The van der Waals surface area contributed by atoms with Gasteiger partial charge in [-0.3, -0.25) is 0 Å². The highest BCUT2D eigenvalue weighted by molar-refractivity contribution is 9.11. The molecule has 0 N–H and O–H groups in total. The van der Waals surface area contributed by atoms with Crippen LogP contribution in [0.3, 0.4) is 0 Å². The van der Waals surface area contributed by atoms with Gasteiger partial charge in [0.1, 0.15) is 24.7 Å². The maximum Gasteiger partial charge on any atom is 0.147 e. The van der Waals surface area contributed by atoms with Crippen molar-refractivity contribution < 1.29 is 9.47 Å². The second-order valence-electron chi connectivity index (χ2n) is 4.23. The standard InChI is InChI=1S/C16H13Br2NO2/c17-14-2-1-3-15(18)16(14)21-11-10-20-13-6-4-12(5-7-13)8-9-19/h1-7H,8,10-11H2. The SMILES string of the molecule is N#CCc1ccc(OCCOc2c(Br)cccc2Br)cc1. The average Bonchev–Trinajstić information content (AvgIpc) is 2.48. The molecule has 2 rings (SSSR count). The summed E-state index contributed by atoms with van der Waals surface area (Å²) in [7, 11) is 0. The lowest BCUT2D eigenvalue weighted by Crippen LogP contribution is -2.09. The molecule has 21 heavy (non-hydrogen) atoms. The van der Waals surface area contributed by atoms with Gasteiger partial charge in [-0.2, -0.15) is 5.26 Å². The summed E-state index contributed by atoms with van der Waals surface area (Å²) in [6, 6.07) is 15.4. The zero-order valence-electron chi connectivity index (χ0n) is 11.2. The van der Waals surface area contributed by atoms with Crippen molar-refractivity contribution in [1.82, 2.24) is 0 Å². The van der Waals surface area contributed by atoms with Crippen LogP contribution < -0.4 is 9.47 Å². The molecule has 2 aromatic carbocycles. The number of nitrogens with zero attached hydrogens (tertiary/aromatic N) is 1. The Morgan fingerprint density at radius 3 is 2.14 bits per heavy atom. The molecule has 0 heterocycles. The fraction of sp³-hybridized carbons (Fsp3) is 0.188. The van der Waals surface area contributed by atoms with Gasteiger partial charge < -0.3 is 9.47 Å². The lowest BCUT2D eigenvalue weighted by atomic mass is 10.2. The first-order valence-corrected chi connectivity index (χ1v) is 7.95. The third kappa shape index (κ3) is 4.76. The van der Waals surface area contributed by atoms with Crippen molar-refractivity contribution in [3.8, 4) is 17.6 Å². The lowest BCUT2D eigenvalue weighted by molar-refractivity contribution is 0.215. The fourth-order valence-corrected chi connectivity index (χ4v) is 2.95. The Morgan fingerprint density at radius 2 is 1.52 bits per heavy atom. The number of ether oxygens (including phenoxy) is 2. The topological polar surface area (TPSA) is 42.2 Å². The molecule has 0 aliphatic rings. The zero-order chi connectivity index (χ0) is 15.1. The molecule has 0 amide bonds. The van der Waals surface area contributed by atoms with Gasteiger partial charge in [-0.25, -0.2) is 0 Å². The largest absolute Gasteiger partial charge is 0.490 e. The third-order valence-electron chi connectivity index (χ3n) is 2.72. The molecule has 0 spiro atoms. The molecule has 0 aliphatic heterocycles. The summed E-state index contributed by atoms with van der Waals surface area (Å²) in [4.78, 5) is 0. The highest BCUT2D eigenvalue weighted by Crippen LogP contribution is 2.32. The number of halogens is 2. The summed E-state index contributed by atoms with van der Waals surface area (Å²) < 4.78 is 13.1. The smallest absolute Gasteiger partial charge is 0.147 e. The summed E-state index contributed by atoms with van der Waals surface area (Å²) in [6.45, 7) is 0.895. The Labute approximate surface area is 140 Å². The number of para-hydroxylation sites is 1. The van der Waals surface area contributed by atoms with Crippen LogP contribution in [0.4, 0.5) is 0 Å². The van der Waals surface area contributed by atoms with Crippen molar-refractivity contribution in [1.29, 1.82) is 5.26 Å². The van der Waals surface area contributed by atoms with Crippen molar-refractivity contribution in [3.63, 3.8) is 0 Å². The van der Waals surface area contributed by atoms with E-state index in [0.717, 1.165) is 26.0 Å². The van der Waals surface area contributed by atoms with Crippen molar-refractivity contribution in [2.24, 2.45) is 0 Å². The van der Waals surface area contributed by atoms with E-state index in [1.807, 2.05) is 42.5 Å². The van der Waals surface area contributed by atoms with E-state index in [1.54, 1.807) is 0 Å². The maximum absolute atomic E-state index is 8.61. The summed E-state index contributed by atoms with van der Waals surface area (Å²) in [6.07, 6.45) is 0.416. The lowest BCUT2D eigenvalue weighted by Gasteiger charge is -2.11. The van der Waals surface area contributed by atoms with E-state index >= 15 is 0 Å². The normalized spacial score (nSPS) is 9.95. The molecule has 0 saturated carbocycles. The molecule has 0 atom stereocenters. The van der Waals surface area contributed by atoms with Crippen LogP contribution in [0.1, 0.15) is 5.56 Å². The first-order valence-electron chi connectivity index (χ1n) is 6.36. The summed E-state index contributed by atoms with van der Waals surface area (Å²) in [5.74, 6) is 1.54. The number of hydrogen-bond acceptors (Lipinski definition) is 3. The van der Waals surface area contributed by atoms with E-state index in [9.17, 15) is 0 Å². The maximum atomic E-state index is 8.61. The Balaban J connectivity index is 1.81. The molecular formula is C16H13Br2NO2. The van der Waals surface area contributed by atoms with Gasteiger partial charge in [0.2, 0.25) is 0 Å². The molecule has 5 heteroatoms. The van der Waals surface area contributed by atoms with Crippen LogP contribution in [-0.4, -0.2) is 13.2 Å². The van der Waals surface area contributed by atoms with Crippen molar-refractivity contribution in [2.75, 3.05) is 13.2 Å². The van der Waals surface area contributed by atoms with Crippen molar-refractivity contribution in [3.05, 3.63) is 57.0 Å². The summed E-state index contributed by atoms with van der Waals surface area (Å²) >= 11 is 6.89. The van der Waals surface area contributed by atoms with E-state index in [1.165, 1.54) is 0 Å². The van der Waals surface area contributed by atoms with E-state index in [4.69, 9.17) is 14.7 Å². The molecule has 0 aliphatic carbocycles. The van der Waals surface area contributed by atoms with E-state index in [0.29, 0.717) is 19.6 Å². The minimum Gasteiger partial charge on any atom is -0.490 e. The van der Waals surface area contributed by atoms with Crippen LogP contribution >= 0.6 is 31.9 Å². The number of hydrogen-bond donors (Lipinski definition) is 0. The second-order valence-corrected chi connectivity index (χ2v) is 5.94. The molecule has 0 unspecified atom stereocenters. The Morgan fingerprint density at radius 1 is 0.905 bits per heavy atom. The predicted octanol–water partition coefficient (Wildman–Crippen LogP) is 4.74. The number of nitriles is 1. The molecule has 2 aromatic rings. The highest BCUT2D eigenvalue weighted by atomic mass is 79.9. The van der Waals surface area contributed by atoms with Crippen LogP contribution in [-0.2, 0) is 6.42 Å². The van der Waals surface area contributed by atoms with Gasteiger partial charge in [0, 0.05) is 0 Å². The molecular weight excluding hydrogens is 398 g/mol. The summed E-state index contributed by atoms with van der Waals surface area (Å²) in [5.41, 5.74) is 0.984. The number of rotatable bonds is 6. The summed E-state index contributed by atoms with van der Waals surface area (Å²) in [5, 5.41) is 8.61. The Kier molecular flexibility index (Phi) is 6.09. The quantitative estimate of drug-likeness (QED) is 0.646. The number of benzene rings is 2. The molecule has 0 fully saturated rings. The Bertz CT molecular complexity index is 615. The first-order chi connectivity index (χ1) is 10.2. The van der Waals surface area contributed by atoms with Gasteiger partial charge in [0.05, 0.1) is 21.4 Å².